The van der Waals surface area contributed by atoms with Crippen LogP contribution in [0, 0.1) is 20.8 Å². The lowest BCUT2D eigenvalue weighted by atomic mass is 10.1. The maximum absolute atomic E-state index is 13.0. The zero-order chi connectivity index (χ0) is 20.4. The predicted octanol–water partition coefficient (Wildman–Crippen LogP) is 4.35. The molecule has 0 bridgehead atoms. The Labute approximate surface area is 168 Å². The Hall–Kier alpha value is -2.54. The lowest BCUT2D eigenvalue weighted by molar-refractivity contribution is -0.113. The summed E-state index contributed by atoms with van der Waals surface area (Å²) in [5.41, 5.74) is 4.94. The summed E-state index contributed by atoms with van der Waals surface area (Å²) in [7, 11) is 0. The number of hydrogen-bond acceptors (Lipinski definition) is 4. The van der Waals surface area contributed by atoms with Crippen molar-refractivity contribution in [2.45, 2.75) is 52.2 Å². The smallest absolute Gasteiger partial charge is 0.278 e. The molecule has 0 radical (unpaired) electrons. The van der Waals surface area contributed by atoms with Crippen LogP contribution in [0.2, 0.25) is 0 Å². The SMILES string of the molecule is CCC(C)n1c(SCC(=O)Nc2ccc(C)cc2C)nc2cc(C)[nH]c2c1=O. The second kappa shape index (κ2) is 8.22. The quantitative estimate of drug-likeness (QED) is 0.478. The van der Waals surface area contributed by atoms with Crippen molar-refractivity contribution in [3.63, 3.8) is 0 Å². The van der Waals surface area contributed by atoms with E-state index < -0.39 is 0 Å². The van der Waals surface area contributed by atoms with Crippen LogP contribution >= 0.6 is 11.8 Å². The zero-order valence-corrected chi connectivity index (χ0v) is 17.7. The normalized spacial score (nSPS) is 12.3. The summed E-state index contributed by atoms with van der Waals surface area (Å²) in [6.07, 6.45) is 0.801. The fraction of sp³-hybridized carbons (Fsp3) is 0.381. The molecule has 0 fully saturated rings. The summed E-state index contributed by atoms with van der Waals surface area (Å²) in [5.74, 6) is 0.0673. The molecule has 7 heteroatoms. The third-order valence-corrected chi connectivity index (χ3v) is 5.76. The molecule has 2 aromatic heterocycles. The molecule has 0 aliphatic carbocycles. The van der Waals surface area contributed by atoms with Gasteiger partial charge in [0, 0.05) is 17.4 Å². The summed E-state index contributed by atoms with van der Waals surface area (Å²) in [6, 6.07) is 7.78. The van der Waals surface area contributed by atoms with Crippen LogP contribution in [-0.4, -0.2) is 26.2 Å². The molecule has 1 aromatic carbocycles. The second-order valence-corrected chi connectivity index (χ2v) is 8.14. The largest absolute Gasteiger partial charge is 0.353 e. The molecule has 0 aliphatic rings. The molecule has 1 unspecified atom stereocenters. The van der Waals surface area contributed by atoms with E-state index in [0.29, 0.717) is 16.2 Å². The molecule has 0 spiro atoms. The van der Waals surface area contributed by atoms with Gasteiger partial charge in [-0.05, 0) is 51.8 Å². The van der Waals surface area contributed by atoms with Crippen LogP contribution in [0.3, 0.4) is 0 Å². The highest BCUT2D eigenvalue weighted by molar-refractivity contribution is 7.99. The minimum absolute atomic E-state index is 0.00193. The van der Waals surface area contributed by atoms with Gasteiger partial charge in [-0.3, -0.25) is 14.2 Å². The molecule has 3 rings (SSSR count). The number of nitrogens with one attached hydrogen (secondary N) is 2. The number of H-pyrrole nitrogens is 1. The average molecular weight is 399 g/mol. The molecular weight excluding hydrogens is 372 g/mol. The van der Waals surface area contributed by atoms with Gasteiger partial charge in [0.15, 0.2) is 5.16 Å². The Morgan fingerprint density at radius 3 is 2.71 bits per heavy atom. The number of aryl methyl sites for hydroxylation is 3. The van der Waals surface area contributed by atoms with Gasteiger partial charge in [-0.25, -0.2) is 4.98 Å². The number of carbonyl (C=O) groups is 1. The van der Waals surface area contributed by atoms with Crippen molar-refractivity contribution in [1.29, 1.82) is 0 Å². The number of amides is 1. The van der Waals surface area contributed by atoms with E-state index in [-0.39, 0.29) is 23.3 Å². The first-order chi connectivity index (χ1) is 13.3. The fourth-order valence-corrected chi connectivity index (χ4v) is 4.03. The first-order valence-electron chi connectivity index (χ1n) is 9.42. The lowest BCUT2D eigenvalue weighted by Gasteiger charge is -2.17. The standard InChI is InChI=1S/C21H26N4O2S/c1-6-15(5)25-20(27)19-17(10-14(4)22-19)24-21(25)28-11-18(26)23-16-8-7-12(2)9-13(16)3/h7-10,15,22H,6,11H2,1-5H3,(H,23,26). The molecule has 28 heavy (non-hydrogen) atoms. The van der Waals surface area contributed by atoms with Crippen LogP contribution in [0.15, 0.2) is 34.2 Å². The van der Waals surface area contributed by atoms with Gasteiger partial charge in [0.1, 0.15) is 5.52 Å². The van der Waals surface area contributed by atoms with Gasteiger partial charge in [0.05, 0.1) is 11.3 Å². The summed E-state index contributed by atoms with van der Waals surface area (Å²) in [5, 5.41) is 3.52. The van der Waals surface area contributed by atoms with Gasteiger partial charge in [-0.15, -0.1) is 0 Å². The molecule has 6 nitrogen and oxygen atoms in total. The van der Waals surface area contributed by atoms with E-state index in [0.717, 1.165) is 28.9 Å². The van der Waals surface area contributed by atoms with E-state index in [1.807, 2.05) is 58.9 Å². The molecule has 1 atom stereocenters. The Bertz CT molecular complexity index is 1080. The van der Waals surface area contributed by atoms with Crippen molar-refractivity contribution >= 4 is 34.4 Å². The number of fused-ring (bicyclic) bond motifs is 1. The first-order valence-corrected chi connectivity index (χ1v) is 10.4. The van der Waals surface area contributed by atoms with Crippen molar-refractivity contribution in [2.24, 2.45) is 0 Å². The maximum atomic E-state index is 13.0. The number of rotatable bonds is 6. The first kappa shape index (κ1) is 20.2. The Balaban J connectivity index is 1.84. The second-order valence-electron chi connectivity index (χ2n) is 7.19. The summed E-state index contributed by atoms with van der Waals surface area (Å²) < 4.78 is 1.69. The van der Waals surface area contributed by atoms with Crippen LogP contribution < -0.4 is 10.9 Å². The molecule has 0 aliphatic heterocycles. The number of aromatic nitrogens is 3. The van der Waals surface area contributed by atoms with Crippen molar-refractivity contribution in [3.8, 4) is 0 Å². The minimum atomic E-state index is -0.118. The van der Waals surface area contributed by atoms with Gasteiger partial charge in [0.25, 0.3) is 5.56 Å². The third kappa shape index (κ3) is 4.14. The summed E-state index contributed by atoms with van der Waals surface area (Å²) in [4.78, 5) is 33.2. The number of carbonyl (C=O) groups excluding carboxylic acids is 1. The molecule has 3 aromatic rings. The van der Waals surface area contributed by atoms with Crippen molar-refractivity contribution in [2.75, 3.05) is 11.1 Å². The lowest BCUT2D eigenvalue weighted by Crippen LogP contribution is -2.26. The topological polar surface area (TPSA) is 79.8 Å². The number of hydrogen-bond donors (Lipinski definition) is 2. The predicted molar refractivity (Wildman–Crippen MR) is 115 cm³/mol. The zero-order valence-electron chi connectivity index (χ0n) is 16.9. The number of nitrogens with zero attached hydrogens (tertiary/aromatic N) is 2. The Morgan fingerprint density at radius 1 is 1.29 bits per heavy atom. The monoisotopic (exact) mass is 398 g/mol. The van der Waals surface area contributed by atoms with Gasteiger partial charge in [0.2, 0.25) is 5.91 Å². The molecule has 148 valence electrons. The van der Waals surface area contributed by atoms with E-state index in [1.165, 1.54) is 11.8 Å². The van der Waals surface area contributed by atoms with Crippen molar-refractivity contribution in [3.05, 3.63) is 51.4 Å². The van der Waals surface area contributed by atoms with Gasteiger partial charge < -0.3 is 10.3 Å². The minimum Gasteiger partial charge on any atom is -0.353 e. The van der Waals surface area contributed by atoms with Crippen LogP contribution in [0.4, 0.5) is 5.69 Å². The van der Waals surface area contributed by atoms with Crippen LogP contribution in [-0.2, 0) is 4.79 Å². The molecular formula is C21H26N4O2S. The van der Waals surface area contributed by atoms with Crippen LogP contribution in [0.5, 0.6) is 0 Å². The molecule has 0 saturated heterocycles. The molecule has 1 amide bonds. The molecule has 0 saturated carbocycles. The number of aromatic amines is 1. The van der Waals surface area contributed by atoms with Gasteiger partial charge in [-0.2, -0.15) is 0 Å². The summed E-state index contributed by atoms with van der Waals surface area (Å²) in [6.45, 7) is 9.92. The number of thioether (sulfide) groups is 1. The van der Waals surface area contributed by atoms with E-state index in [9.17, 15) is 9.59 Å². The number of anilines is 1. The van der Waals surface area contributed by atoms with Crippen molar-refractivity contribution in [1.82, 2.24) is 14.5 Å². The highest BCUT2D eigenvalue weighted by Gasteiger charge is 2.18. The highest BCUT2D eigenvalue weighted by atomic mass is 32.2. The van der Waals surface area contributed by atoms with E-state index in [1.54, 1.807) is 4.57 Å². The third-order valence-electron chi connectivity index (χ3n) is 4.81. The van der Waals surface area contributed by atoms with Gasteiger partial charge >= 0.3 is 0 Å². The summed E-state index contributed by atoms with van der Waals surface area (Å²) >= 11 is 1.29. The molecule has 2 N–H and O–H groups in total. The van der Waals surface area contributed by atoms with Crippen LogP contribution in [0.1, 0.15) is 43.1 Å². The maximum Gasteiger partial charge on any atom is 0.278 e. The van der Waals surface area contributed by atoms with Crippen molar-refractivity contribution < 1.29 is 4.79 Å². The Kier molecular flexibility index (Phi) is 5.93. The molecule has 2 heterocycles. The highest BCUT2D eigenvalue weighted by Crippen LogP contribution is 2.23. The number of benzene rings is 1. The average Bonchev–Trinajstić information content (AvgIpc) is 3.02. The fourth-order valence-electron chi connectivity index (χ4n) is 3.13. The van der Waals surface area contributed by atoms with E-state index >= 15 is 0 Å². The van der Waals surface area contributed by atoms with Gasteiger partial charge in [-0.1, -0.05) is 36.4 Å². The van der Waals surface area contributed by atoms with Crippen LogP contribution in [0.25, 0.3) is 11.0 Å². The van der Waals surface area contributed by atoms with E-state index in [2.05, 4.69) is 15.3 Å². The van der Waals surface area contributed by atoms with E-state index in [4.69, 9.17) is 0 Å². The Morgan fingerprint density at radius 2 is 2.04 bits per heavy atom.